The number of benzene rings is 1. The minimum Gasteiger partial charge on any atom is -0.504 e. The van der Waals surface area contributed by atoms with E-state index in [1.54, 1.807) is 6.92 Å². The number of nitrogens with one attached hydrogen (secondary N) is 1. The Morgan fingerprint density at radius 1 is 1.32 bits per heavy atom. The van der Waals surface area contributed by atoms with Gasteiger partial charge in [0, 0.05) is 6.42 Å². The Morgan fingerprint density at radius 3 is 2.56 bits per heavy atom. The molecule has 0 spiro atoms. The van der Waals surface area contributed by atoms with E-state index < -0.39 is 29.1 Å². The van der Waals surface area contributed by atoms with Crippen molar-refractivity contribution in [3.63, 3.8) is 0 Å². The number of phenols is 2. The number of aromatic hydroxyl groups is 2. The zero-order valence-electron chi connectivity index (χ0n) is 13.9. The van der Waals surface area contributed by atoms with Crippen molar-refractivity contribution >= 4 is 11.9 Å². The van der Waals surface area contributed by atoms with Crippen molar-refractivity contribution in [3.05, 3.63) is 33.9 Å². The second-order valence-corrected chi connectivity index (χ2v) is 5.41. The maximum atomic E-state index is 12.3. The summed E-state index contributed by atoms with van der Waals surface area (Å²) >= 11 is 0. The van der Waals surface area contributed by atoms with Crippen molar-refractivity contribution in [3.8, 4) is 11.5 Å². The zero-order valence-corrected chi connectivity index (χ0v) is 13.9. The number of hydrogen-bond donors (Lipinski definition) is 3. The topological polar surface area (TPSA) is 148 Å². The third kappa shape index (κ3) is 6.16. The van der Waals surface area contributed by atoms with E-state index in [1.807, 2.05) is 0 Å². The molecule has 10 nitrogen and oxygen atoms in total. The van der Waals surface area contributed by atoms with Crippen molar-refractivity contribution in [1.29, 1.82) is 0 Å². The molecule has 25 heavy (non-hydrogen) atoms. The van der Waals surface area contributed by atoms with Crippen LogP contribution in [0.15, 0.2) is 18.2 Å². The Morgan fingerprint density at radius 2 is 2.00 bits per heavy atom. The van der Waals surface area contributed by atoms with E-state index in [-0.39, 0.29) is 30.9 Å². The van der Waals surface area contributed by atoms with Gasteiger partial charge >= 0.3 is 5.97 Å². The monoisotopic (exact) mass is 356 g/mol. The van der Waals surface area contributed by atoms with Gasteiger partial charge in [0.2, 0.25) is 5.91 Å². The molecule has 1 atom stereocenters. The van der Waals surface area contributed by atoms with E-state index in [1.165, 1.54) is 25.1 Å². The van der Waals surface area contributed by atoms with Crippen molar-refractivity contribution in [2.45, 2.75) is 32.2 Å². The standard InChI is InChI=1S/C15H20N2O8/c1-3-24-14(21)15(2,16-13(20)6-7-25-17(22)23)9-10-4-5-11(18)12(19)8-10/h4-5,8,18-19H,3,6-7,9H2,1-2H3,(H,16,20). The first-order chi connectivity index (χ1) is 11.7. The fourth-order valence-corrected chi connectivity index (χ4v) is 2.13. The molecule has 1 aromatic carbocycles. The van der Waals surface area contributed by atoms with E-state index in [4.69, 9.17) is 4.74 Å². The molecule has 138 valence electrons. The molecular formula is C15H20N2O8. The highest BCUT2D eigenvalue weighted by Gasteiger charge is 2.36. The highest BCUT2D eigenvalue weighted by atomic mass is 16.9. The van der Waals surface area contributed by atoms with Crippen LogP contribution in [0.4, 0.5) is 0 Å². The first kappa shape index (κ1) is 20.0. The molecule has 0 aliphatic carbocycles. The van der Waals surface area contributed by atoms with Gasteiger partial charge in [-0.1, -0.05) is 6.07 Å². The molecule has 0 bridgehead atoms. The minimum atomic E-state index is -1.47. The number of hydrogen-bond acceptors (Lipinski definition) is 8. The predicted octanol–water partition coefficient (Wildman–Crippen LogP) is 0.677. The van der Waals surface area contributed by atoms with Gasteiger partial charge in [0.05, 0.1) is 13.0 Å². The van der Waals surface area contributed by atoms with Gasteiger partial charge in [0.15, 0.2) is 11.5 Å². The minimum absolute atomic E-state index is 0.0263. The Balaban J connectivity index is 2.89. The van der Waals surface area contributed by atoms with Crippen molar-refractivity contribution in [1.82, 2.24) is 5.32 Å². The molecule has 0 fully saturated rings. The summed E-state index contributed by atoms with van der Waals surface area (Å²) in [4.78, 5) is 38.4. The van der Waals surface area contributed by atoms with Crippen LogP contribution in [0.3, 0.4) is 0 Å². The van der Waals surface area contributed by atoms with Crippen LogP contribution in [-0.2, 0) is 25.6 Å². The maximum Gasteiger partial charge on any atom is 0.331 e. The van der Waals surface area contributed by atoms with Gasteiger partial charge in [-0.15, -0.1) is 10.1 Å². The summed E-state index contributed by atoms with van der Waals surface area (Å²) in [5.41, 5.74) is -1.00. The maximum absolute atomic E-state index is 12.3. The number of amides is 1. The van der Waals surface area contributed by atoms with Gasteiger partial charge in [-0.3, -0.25) is 4.79 Å². The number of phenolic OH excluding ortho intramolecular Hbond substituents is 2. The number of carbonyl (C=O) groups excluding carboxylic acids is 2. The summed E-state index contributed by atoms with van der Waals surface area (Å²) in [7, 11) is 0. The van der Waals surface area contributed by atoms with Crippen LogP contribution in [0.5, 0.6) is 11.5 Å². The second kappa shape index (κ2) is 8.71. The Bertz CT molecular complexity index is 648. The largest absolute Gasteiger partial charge is 0.504 e. The van der Waals surface area contributed by atoms with Gasteiger partial charge in [0.1, 0.15) is 12.1 Å². The average Bonchev–Trinajstić information content (AvgIpc) is 2.50. The molecule has 1 unspecified atom stereocenters. The average molecular weight is 356 g/mol. The molecule has 1 amide bonds. The smallest absolute Gasteiger partial charge is 0.331 e. The summed E-state index contributed by atoms with van der Waals surface area (Å²) in [6.07, 6.45) is -0.349. The fraction of sp³-hybridized carbons (Fsp3) is 0.467. The summed E-state index contributed by atoms with van der Waals surface area (Å²) < 4.78 is 4.97. The second-order valence-electron chi connectivity index (χ2n) is 5.41. The van der Waals surface area contributed by atoms with E-state index in [2.05, 4.69) is 10.2 Å². The summed E-state index contributed by atoms with van der Waals surface area (Å²) in [6, 6.07) is 3.99. The number of rotatable bonds is 9. The number of nitrogens with zero attached hydrogens (tertiary/aromatic N) is 1. The van der Waals surface area contributed by atoms with Gasteiger partial charge in [-0.2, -0.15) is 0 Å². The molecular weight excluding hydrogens is 336 g/mol. The Kier molecular flexibility index (Phi) is 6.97. The lowest BCUT2D eigenvalue weighted by Crippen LogP contribution is -2.54. The third-order valence-electron chi connectivity index (χ3n) is 3.26. The molecule has 3 N–H and O–H groups in total. The zero-order chi connectivity index (χ0) is 19.0. The summed E-state index contributed by atoms with van der Waals surface area (Å²) in [5, 5.41) is 30.4. The summed E-state index contributed by atoms with van der Waals surface area (Å²) in [5.74, 6) is -2.02. The number of ether oxygens (including phenoxy) is 1. The van der Waals surface area contributed by atoms with Gasteiger partial charge in [-0.25, -0.2) is 4.79 Å². The highest BCUT2D eigenvalue weighted by Crippen LogP contribution is 2.27. The molecule has 0 aliphatic heterocycles. The molecule has 1 aromatic rings. The molecule has 10 heteroatoms. The SMILES string of the molecule is CCOC(=O)C(C)(Cc1ccc(O)c(O)c1)NC(=O)CCO[N+](=O)[O-]. The normalized spacial score (nSPS) is 12.7. The van der Waals surface area contributed by atoms with Crippen LogP contribution in [0.2, 0.25) is 0 Å². The van der Waals surface area contributed by atoms with Crippen molar-refractivity contribution in [2.75, 3.05) is 13.2 Å². The lowest BCUT2D eigenvalue weighted by molar-refractivity contribution is -0.757. The van der Waals surface area contributed by atoms with Crippen LogP contribution in [0.1, 0.15) is 25.8 Å². The van der Waals surface area contributed by atoms with Crippen LogP contribution < -0.4 is 5.32 Å². The molecule has 0 aromatic heterocycles. The molecule has 0 saturated carbocycles. The molecule has 1 rings (SSSR count). The van der Waals surface area contributed by atoms with Gasteiger partial charge in [-0.05, 0) is 31.5 Å². The molecule has 0 heterocycles. The quantitative estimate of drug-likeness (QED) is 0.253. The Labute approximate surface area is 143 Å². The van der Waals surface area contributed by atoms with E-state index in [9.17, 15) is 29.9 Å². The van der Waals surface area contributed by atoms with Crippen LogP contribution in [0, 0.1) is 10.1 Å². The predicted molar refractivity (Wildman–Crippen MR) is 84.2 cm³/mol. The van der Waals surface area contributed by atoms with E-state index >= 15 is 0 Å². The third-order valence-corrected chi connectivity index (χ3v) is 3.26. The van der Waals surface area contributed by atoms with Gasteiger partial charge in [0.25, 0.3) is 5.09 Å². The van der Waals surface area contributed by atoms with Crippen LogP contribution in [0.25, 0.3) is 0 Å². The van der Waals surface area contributed by atoms with Crippen LogP contribution in [-0.4, -0.2) is 45.9 Å². The van der Waals surface area contributed by atoms with Crippen molar-refractivity contribution < 1.29 is 34.5 Å². The highest BCUT2D eigenvalue weighted by molar-refractivity contribution is 5.88. The van der Waals surface area contributed by atoms with Crippen molar-refractivity contribution in [2.24, 2.45) is 0 Å². The first-order valence-corrected chi connectivity index (χ1v) is 7.44. The first-order valence-electron chi connectivity index (χ1n) is 7.44. The van der Waals surface area contributed by atoms with E-state index in [0.717, 1.165) is 0 Å². The lowest BCUT2D eigenvalue weighted by atomic mass is 9.92. The summed E-state index contributed by atoms with van der Waals surface area (Å²) in [6.45, 7) is 2.69. The lowest BCUT2D eigenvalue weighted by Gasteiger charge is -2.28. The van der Waals surface area contributed by atoms with Gasteiger partial charge < -0.3 is 25.1 Å². The molecule has 0 aliphatic rings. The Hall–Kier alpha value is -3.04. The number of carbonyl (C=O) groups is 2. The van der Waals surface area contributed by atoms with Crippen LogP contribution >= 0.6 is 0 Å². The molecule has 0 saturated heterocycles. The number of esters is 1. The van der Waals surface area contributed by atoms with E-state index in [0.29, 0.717) is 5.56 Å². The molecule has 0 radical (unpaired) electrons. The fourth-order valence-electron chi connectivity index (χ4n) is 2.13.